The Labute approximate surface area is 120 Å². The Bertz CT molecular complexity index is 676. The van der Waals surface area contributed by atoms with Gasteiger partial charge >= 0.3 is 0 Å². The first-order chi connectivity index (χ1) is 9.60. The van der Waals surface area contributed by atoms with Crippen molar-refractivity contribution < 1.29 is 0 Å². The number of aliphatic imine (C=N–C) groups is 1. The van der Waals surface area contributed by atoms with E-state index in [0.717, 1.165) is 11.4 Å². The highest BCUT2D eigenvalue weighted by atomic mass is 14.8. The van der Waals surface area contributed by atoms with Crippen LogP contribution in [0.3, 0.4) is 0 Å². The standard InChI is InChI=1S/C19H19N/c1-14-17(15-10-6-4-7-11-15)19(2,3)18(20-14)16-12-8-5-9-13-16/h4-13H,1-3H3. The van der Waals surface area contributed by atoms with Gasteiger partial charge in [-0.15, -0.1) is 0 Å². The highest BCUT2D eigenvalue weighted by molar-refractivity contribution is 6.14. The van der Waals surface area contributed by atoms with Crippen LogP contribution in [0.4, 0.5) is 0 Å². The second-order valence-electron chi connectivity index (χ2n) is 5.78. The van der Waals surface area contributed by atoms with Crippen molar-refractivity contribution in [3.8, 4) is 0 Å². The molecule has 1 aliphatic rings. The van der Waals surface area contributed by atoms with Crippen LogP contribution in [0.2, 0.25) is 0 Å². The van der Waals surface area contributed by atoms with Crippen molar-refractivity contribution in [1.82, 2.24) is 0 Å². The van der Waals surface area contributed by atoms with Crippen LogP contribution in [0.5, 0.6) is 0 Å². The van der Waals surface area contributed by atoms with Crippen LogP contribution in [0.1, 0.15) is 31.9 Å². The van der Waals surface area contributed by atoms with Gasteiger partial charge in [-0.25, -0.2) is 0 Å². The summed E-state index contributed by atoms with van der Waals surface area (Å²) in [5.74, 6) is 0. The second-order valence-corrected chi connectivity index (χ2v) is 5.78. The minimum absolute atomic E-state index is 0.0627. The first-order valence-electron chi connectivity index (χ1n) is 7.02. The molecular formula is C19H19N. The average molecular weight is 261 g/mol. The number of benzene rings is 2. The topological polar surface area (TPSA) is 12.4 Å². The van der Waals surface area contributed by atoms with Crippen molar-refractivity contribution >= 4 is 11.3 Å². The fourth-order valence-corrected chi connectivity index (χ4v) is 3.13. The first kappa shape index (κ1) is 12.9. The van der Waals surface area contributed by atoms with Crippen molar-refractivity contribution in [3.05, 3.63) is 77.5 Å². The molecule has 20 heavy (non-hydrogen) atoms. The number of hydrogen-bond acceptors (Lipinski definition) is 1. The molecule has 0 bridgehead atoms. The Kier molecular flexibility index (Phi) is 3.06. The van der Waals surface area contributed by atoms with Gasteiger partial charge in [0.05, 0.1) is 5.71 Å². The fourth-order valence-electron chi connectivity index (χ4n) is 3.13. The van der Waals surface area contributed by atoms with Crippen LogP contribution in [-0.2, 0) is 0 Å². The van der Waals surface area contributed by atoms with Gasteiger partial charge in [0, 0.05) is 11.1 Å². The lowest BCUT2D eigenvalue weighted by Gasteiger charge is -2.26. The average Bonchev–Trinajstić information content (AvgIpc) is 2.70. The van der Waals surface area contributed by atoms with Gasteiger partial charge in [0.25, 0.3) is 0 Å². The molecule has 0 unspecified atom stereocenters. The van der Waals surface area contributed by atoms with Crippen LogP contribution in [0.15, 0.2) is 71.4 Å². The van der Waals surface area contributed by atoms with E-state index in [2.05, 4.69) is 75.4 Å². The van der Waals surface area contributed by atoms with Gasteiger partial charge < -0.3 is 0 Å². The maximum absolute atomic E-state index is 4.87. The van der Waals surface area contributed by atoms with Crippen LogP contribution in [0.25, 0.3) is 5.57 Å². The molecule has 0 amide bonds. The molecule has 0 aliphatic carbocycles. The molecule has 0 fully saturated rings. The van der Waals surface area contributed by atoms with E-state index in [1.165, 1.54) is 16.7 Å². The number of nitrogens with zero attached hydrogens (tertiary/aromatic N) is 1. The van der Waals surface area contributed by atoms with E-state index < -0.39 is 0 Å². The summed E-state index contributed by atoms with van der Waals surface area (Å²) in [5, 5.41) is 0. The quantitative estimate of drug-likeness (QED) is 0.725. The van der Waals surface area contributed by atoms with Crippen LogP contribution in [0, 0.1) is 5.41 Å². The van der Waals surface area contributed by atoms with Gasteiger partial charge in [0.15, 0.2) is 0 Å². The summed E-state index contributed by atoms with van der Waals surface area (Å²) < 4.78 is 0. The lowest BCUT2D eigenvalue weighted by molar-refractivity contribution is 0.711. The third kappa shape index (κ3) is 2.00. The summed E-state index contributed by atoms with van der Waals surface area (Å²) in [5.41, 5.74) is 6.03. The van der Waals surface area contributed by atoms with Crippen molar-refractivity contribution in [2.75, 3.05) is 0 Å². The predicted octanol–water partition coefficient (Wildman–Crippen LogP) is 4.95. The summed E-state index contributed by atoms with van der Waals surface area (Å²) in [7, 11) is 0. The van der Waals surface area contributed by atoms with E-state index in [1.54, 1.807) is 0 Å². The molecule has 2 aromatic carbocycles. The van der Waals surface area contributed by atoms with Crippen LogP contribution < -0.4 is 0 Å². The minimum atomic E-state index is -0.0627. The summed E-state index contributed by atoms with van der Waals surface area (Å²) in [6.07, 6.45) is 0. The maximum atomic E-state index is 4.87. The predicted molar refractivity (Wildman–Crippen MR) is 85.8 cm³/mol. The smallest absolute Gasteiger partial charge is 0.0580 e. The van der Waals surface area contributed by atoms with Gasteiger partial charge in [0.1, 0.15) is 0 Å². The molecule has 1 heterocycles. The lowest BCUT2D eigenvalue weighted by atomic mass is 9.75. The zero-order chi connectivity index (χ0) is 14.2. The largest absolute Gasteiger partial charge is 0.256 e. The van der Waals surface area contributed by atoms with Crippen LogP contribution in [-0.4, -0.2) is 5.71 Å². The molecule has 0 radical (unpaired) electrons. The summed E-state index contributed by atoms with van der Waals surface area (Å²) in [4.78, 5) is 4.87. The Hall–Kier alpha value is -2.15. The third-order valence-corrected chi connectivity index (χ3v) is 3.97. The van der Waals surface area contributed by atoms with Gasteiger partial charge in [-0.1, -0.05) is 74.5 Å². The molecule has 0 aromatic heterocycles. The Balaban J connectivity index is 2.08. The van der Waals surface area contributed by atoms with E-state index in [-0.39, 0.29) is 5.41 Å². The molecule has 2 aromatic rings. The van der Waals surface area contributed by atoms with E-state index in [4.69, 9.17) is 4.99 Å². The number of allylic oxidation sites excluding steroid dienone is 2. The zero-order valence-corrected chi connectivity index (χ0v) is 12.2. The SMILES string of the molecule is CC1=C(c2ccccc2)C(C)(C)C(c2ccccc2)=N1. The van der Waals surface area contributed by atoms with Crippen molar-refractivity contribution in [2.45, 2.75) is 20.8 Å². The molecule has 1 aliphatic heterocycles. The molecule has 0 saturated carbocycles. The number of hydrogen-bond donors (Lipinski definition) is 0. The van der Waals surface area contributed by atoms with Crippen molar-refractivity contribution in [3.63, 3.8) is 0 Å². The Morgan fingerprint density at radius 3 is 1.80 bits per heavy atom. The van der Waals surface area contributed by atoms with Crippen LogP contribution >= 0.6 is 0 Å². The van der Waals surface area contributed by atoms with Crippen molar-refractivity contribution in [1.29, 1.82) is 0 Å². The van der Waals surface area contributed by atoms with Gasteiger partial charge in [-0.2, -0.15) is 0 Å². The molecule has 0 N–H and O–H groups in total. The monoisotopic (exact) mass is 261 g/mol. The molecule has 3 rings (SSSR count). The molecule has 0 spiro atoms. The highest BCUT2D eigenvalue weighted by Gasteiger charge is 2.37. The molecule has 100 valence electrons. The number of rotatable bonds is 2. The molecule has 0 saturated heterocycles. The van der Waals surface area contributed by atoms with E-state index in [9.17, 15) is 0 Å². The van der Waals surface area contributed by atoms with Gasteiger partial charge in [-0.3, -0.25) is 4.99 Å². The highest BCUT2D eigenvalue weighted by Crippen LogP contribution is 2.45. The second kappa shape index (κ2) is 4.75. The van der Waals surface area contributed by atoms with E-state index >= 15 is 0 Å². The van der Waals surface area contributed by atoms with E-state index in [1.807, 2.05) is 6.07 Å². The third-order valence-electron chi connectivity index (χ3n) is 3.97. The summed E-state index contributed by atoms with van der Waals surface area (Å²) in [6, 6.07) is 21.0. The molecular weight excluding hydrogens is 242 g/mol. The molecule has 1 nitrogen and oxygen atoms in total. The zero-order valence-electron chi connectivity index (χ0n) is 12.2. The normalized spacial score (nSPS) is 17.2. The fraction of sp³-hybridized carbons (Fsp3) is 0.211. The van der Waals surface area contributed by atoms with Gasteiger partial charge in [-0.05, 0) is 23.6 Å². The first-order valence-corrected chi connectivity index (χ1v) is 7.02. The maximum Gasteiger partial charge on any atom is 0.0580 e. The Morgan fingerprint density at radius 1 is 0.750 bits per heavy atom. The summed E-state index contributed by atoms with van der Waals surface area (Å²) >= 11 is 0. The summed E-state index contributed by atoms with van der Waals surface area (Å²) in [6.45, 7) is 6.63. The Morgan fingerprint density at radius 2 is 1.25 bits per heavy atom. The molecule has 1 heteroatoms. The lowest BCUT2D eigenvalue weighted by Crippen LogP contribution is -2.23. The minimum Gasteiger partial charge on any atom is -0.256 e. The van der Waals surface area contributed by atoms with Crippen molar-refractivity contribution in [2.24, 2.45) is 10.4 Å². The van der Waals surface area contributed by atoms with E-state index in [0.29, 0.717) is 0 Å². The molecule has 0 atom stereocenters. The van der Waals surface area contributed by atoms with Gasteiger partial charge in [0.2, 0.25) is 0 Å².